The van der Waals surface area contributed by atoms with Crippen molar-refractivity contribution >= 4 is 22.1 Å². The number of carboxylic acid groups (broad SMARTS) is 1. The van der Waals surface area contributed by atoms with Crippen LogP contribution in [0.4, 0.5) is 0 Å². The van der Waals surface area contributed by atoms with Crippen molar-refractivity contribution in [3.8, 4) is 0 Å². The third kappa shape index (κ3) is 5.60. The van der Waals surface area contributed by atoms with E-state index >= 15 is 0 Å². The number of carbonyl (C=O) groups excluding carboxylic acids is 1. The van der Waals surface area contributed by atoms with Crippen LogP contribution in [0, 0.1) is 5.92 Å². The Bertz CT molecular complexity index is 478. The van der Waals surface area contributed by atoms with Gasteiger partial charge in [0.2, 0.25) is 0 Å². The molecular weight excluding hydrogens is 300 g/mol. The molecule has 9 heteroatoms. The predicted molar refractivity (Wildman–Crippen MR) is 74.7 cm³/mol. The highest BCUT2D eigenvalue weighted by Crippen LogP contribution is 2.18. The number of ether oxygens (including phenoxy) is 1. The molecule has 1 rings (SSSR count). The smallest absolute Gasteiger partial charge is 0.321 e. The first-order chi connectivity index (χ1) is 9.76. The predicted octanol–water partition coefficient (Wildman–Crippen LogP) is -0.0409. The van der Waals surface area contributed by atoms with Crippen LogP contribution in [-0.2, 0) is 24.5 Å². The lowest BCUT2D eigenvalue weighted by molar-refractivity contribution is -0.142. The number of aliphatic carboxylic acids is 1. The van der Waals surface area contributed by atoms with E-state index in [2.05, 4.69) is 9.46 Å². The van der Waals surface area contributed by atoms with Gasteiger partial charge in [-0.05, 0) is 25.2 Å². The number of nitrogens with zero attached hydrogens (tertiary/aromatic N) is 1. The van der Waals surface area contributed by atoms with E-state index < -0.39 is 28.2 Å². The Balaban J connectivity index is 2.68. The standard InChI is InChI=1S/C12H22N2O6S/c1-9-4-3-7-14(8-9)21(18,19)13-10(12(16)17)5-6-11(15)20-2/h9-10,13H,3-8H2,1-2H3,(H,16,17)/t9?,10-/m0/s1. The lowest BCUT2D eigenvalue weighted by atomic mass is 10.0. The molecule has 1 fully saturated rings. The number of hydrogen-bond acceptors (Lipinski definition) is 5. The van der Waals surface area contributed by atoms with Crippen LogP contribution in [-0.4, -0.2) is 56.0 Å². The minimum Gasteiger partial charge on any atom is -0.480 e. The van der Waals surface area contributed by atoms with E-state index in [0.29, 0.717) is 13.1 Å². The number of esters is 1. The molecule has 21 heavy (non-hydrogen) atoms. The number of piperidine rings is 1. The number of nitrogens with one attached hydrogen (secondary N) is 1. The fourth-order valence-corrected chi connectivity index (χ4v) is 3.76. The van der Waals surface area contributed by atoms with Crippen molar-refractivity contribution in [3.05, 3.63) is 0 Å². The van der Waals surface area contributed by atoms with Crippen molar-refractivity contribution in [3.63, 3.8) is 0 Å². The molecule has 1 saturated heterocycles. The molecular formula is C12H22N2O6S. The third-order valence-corrected chi connectivity index (χ3v) is 5.01. The summed E-state index contributed by atoms with van der Waals surface area (Å²) < 4.78 is 32.2. The van der Waals surface area contributed by atoms with Crippen molar-refractivity contribution in [2.75, 3.05) is 20.2 Å². The van der Waals surface area contributed by atoms with Gasteiger partial charge in [0, 0.05) is 19.5 Å². The summed E-state index contributed by atoms with van der Waals surface area (Å²) in [5, 5.41) is 9.07. The number of rotatable bonds is 7. The molecule has 1 unspecified atom stereocenters. The number of hydrogen-bond donors (Lipinski definition) is 2. The number of carboxylic acids is 1. The Hall–Kier alpha value is -1.19. The van der Waals surface area contributed by atoms with Crippen LogP contribution in [0.25, 0.3) is 0 Å². The fraction of sp³-hybridized carbons (Fsp3) is 0.833. The van der Waals surface area contributed by atoms with Crippen LogP contribution in [0.5, 0.6) is 0 Å². The molecule has 122 valence electrons. The van der Waals surface area contributed by atoms with Gasteiger partial charge in [0.25, 0.3) is 10.2 Å². The molecule has 1 aliphatic rings. The van der Waals surface area contributed by atoms with E-state index in [-0.39, 0.29) is 18.8 Å². The van der Waals surface area contributed by atoms with Crippen LogP contribution in [0.15, 0.2) is 0 Å². The molecule has 2 atom stereocenters. The molecule has 0 bridgehead atoms. The monoisotopic (exact) mass is 322 g/mol. The summed E-state index contributed by atoms with van der Waals surface area (Å²) in [7, 11) is -2.67. The van der Waals surface area contributed by atoms with E-state index in [1.54, 1.807) is 0 Å². The van der Waals surface area contributed by atoms with Gasteiger partial charge in [0.1, 0.15) is 6.04 Å². The summed E-state index contributed by atoms with van der Waals surface area (Å²) in [6.07, 6.45) is 1.40. The van der Waals surface area contributed by atoms with Crippen molar-refractivity contribution in [1.29, 1.82) is 0 Å². The highest BCUT2D eigenvalue weighted by molar-refractivity contribution is 7.87. The van der Waals surface area contributed by atoms with Crippen molar-refractivity contribution in [2.45, 2.75) is 38.6 Å². The van der Waals surface area contributed by atoms with Gasteiger partial charge in [0.15, 0.2) is 0 Å². The van der Waals surface area contributed by atoms with E-state index in [0.717, 1.165) is 12.8 Å². The van der Waals surface area contributed by atoms with Crippen LogP contribution in [0.2, 0.25) is 0 Å². The SMILES string of the molecule is COC(=O)CC[C@H](NS(=O)(=O)N1CCCC(C)C1)C(=O)O. The Kier molecular flexibility index (Phi) is 6.56. The van der Waals surface area contributed by atoms with Crippen LogP contribution < -0.4 is 4.72 Å². The lowest BCUT2D eigenvalue weighted by Gasteiger charge is -2.30. The minimum absolute atomic E-state index is 0.148. The Morgan fingerprint density at radius 2 is 2.14 bits per heavy atom. The van der Waals surface area contributed by atoms with Crippen molar-refractivity contribution in [1.82, 2.24) is 9.03 Å². The first-order valence-corrected chi connectivity index (χ1v) is 8.27. The van der Waals surface area contributed by atoms with Gasteiger partial charge in [-0.25, -0.2) is 0 Å². The number of methoxy groups -OCH3 is 1. The van der Waals surface area contributed by atoms with Crippen LogP contribution >= 0.6 is 0 Å². The largest absolute Gasteiger partial charge is 0.480 e. The quantitative estimate of drug-likeness (QED) is 0.636. The molecule has 2 N–H and O–H groups in total. The van der Waals surface area contributed by atoms with Gasteiger partial charge in [-0.2, -0.15) is 17.4 Å². The average Bonchev–Trinajstić information content (AvgIpc) is 2.42. The number of carbonyl (C=O) groups is 2. The summed E-state index contributed by atoms with van der Waals surface area (Å²) in [6.45, 7) is 2.70. The molecule has 0 spiro atoms. The van der Waals surface area contributed by atoms with E-state index in [1.807, 2.05) is 6.92 Å². The Morgan fingerprint density at radius 3 is 2.67 bits per heavy atom. The van der Waals surface area contributed by atoms with Crippen LogP contribution in [0.3, 0.4) is 0 Å². The normalized spacial score (nSPS) is 21.7. The molecule has 8 nitrogen and oxygen atoms in total. The van der Waals surface area contributed by atoms with Crippen LogP contribution in [0.1, 0.15) is 32.6 Å². The van der Waals surface area contributed by atoms with E-state index in [9.17, 15) is 18.0 Å². The zero-order chi connectivity index (χ0) is 16.0. The molecule has 0 aliphatic carbocycles. The second kappa shape index (κ2) is 7.71. The zero-order valence-electron chi connectivity index (χ0n) is 12.2. The molecule has 0 aromatic carbocycles. The van der Waals surface area contributed by atoms with E-state index in [4.69, 9.17) is 5.11 Å². The molecule has 0 aromatic heterocycles. The summed E-state index contributed by atoms with van der Waals surface area (Å²) in [5.74, 6) is -1.65. The second-order valence-electron chi connectivity index (χ2n) is 5.23. The summed E-state index contributed by atoms with van der Waals surface area (Å²) in [4.78, 5) is 22.2. The molecule has 0 aromatic rings. The molecule has 0 radical (unpaired) electrons. The fourth-order valence-electron chi connectivity index (χ4n) is 2.22. The van der Waals surface area contributed by atoms with Crippen molar-refractivity contribution in [2.24, 2.45) is 5.92 Å². The summed E-state index contributed by atoms with van der Waals surface area (Å²) in [5.41, 5.74) is 0. The zero-order valence-corrected chi connectivity index (χ0v) is 13.1. The highest BCUT2D eigenvalue weighted by atomic mass is 32.2. The van der Waals surface area contributed by atoms with Gasteiger partial charge < -0.3 is 9.84 Å². The van der Waals surface area contributed by atoms with Gasteiger partial charge in [0.05, 0.1) is 7.11 Å². The lowest BCUT2D eigenvalue weighted by Crippen LogP contribution is -2.51. The van der Waals surface area contributed by atoms with Gasteiger partial charge in [-0.1, -0.05) is 6.92 Å². The maximum absolute atomic E-state index is 12.2. The first kappa shape index (κ1) is 17.9. The average molecular weight is 322 g/mol. The maximum Gasteiger partial charge on any atom is 0.321 e. The van der Waals surface area contributed by atoms with Gasteiger partial charge in [-0.15, -0.1) is 0 Å². The molecule has 1 heterocycles. The highest BCUT2D eigenvalue weighted by Gasteiger charge is 2.31. The summed E-state index contributed by atoms with van der Waals surface area (Å²) >= 11 is 0. The molecule has 0 amide bonds. The van der Waals surface area contributed by atoms with Gasteiger partial charge >= 0.3 is 11.9 Å². The second-order valence-corrected chi connectivity index (χ2v) is 6.94. The topological polar surface area (TPSA) is 113 Å². The minimum atomic E-state index is -3.86. The van der Waals surface area contributed by atoms with E-state index in [1.165, 1.54) is 11.4 Å². The molecule has 1 aliphatic heterocycles. The third-order valence-electron chi connectivity index (χ3n) is 3.41. The Labute approximate surface area is 124 Å². The maximum atomic E-state index is 12.2. The summed E-state index contributed by atoms with van der Waals surface area (Å²) in [6, 6.07) is -1.34. The van der Waals surface area contributed by atoms with Gasteiger partial charge in [-0.3, -0.25) is 9.59 Å². The molecule has 0 saturated carbocycles. The first-order valence-electron chi connectivity index (χ1n) is 6.83. The Morgan fingerprint density at radius 1 is 1.48 bits per heavy atom. The van der Waals surface area contributed by atoms with Crippen molar-refractivity contribution < 1.29 is 27.9 Å².